The van der Waals surface area contributed by atoms with Gasteiger partial charge >= 0.3 is 0 Å². The number of halogens is 1. The van der Waals surface area contributed by atoms with E-state index in [0.717, 1.165) is 55.7 Å². The molecule has 0 bridgehead atoms. The van der Waals surface area contributed by atoms with Crippen LogP contribution >= 0.6 is 0 Å². The summed E-state index contributed by atoms with van der Waals surface area (Å²) >= 11 is 0. The number of ether oxygens (including phenoxy) is 3. The standard InChI is InChI=1S/C22H27FN4O3/c1-24-22(25-13-16-3-5-19(28-2)18(23)11-16)27-9-7-26(8-10-27)14-17-4-6-20-21(12-17)30-15-29-20/h3-6,11-12H,7-10,13-15H2,1-2H3,(H,24,25). The highest BCUT2D eigenvalue weighted by Gasteiger charge is 2.21. The molecular formula is C22H27FN4O3. The Kier molecular flexibility index (Phi) is 6.23. The highest BCUT2D eigenvalue weighted by Crippen LogP contribution is 2.32. The Labute approximate surface area is 176 Å². The third-order valence-electron chi connectivity index (χ3n) is 5.39. The zero-order valence-electron chi connectivity index (χ0n) is 17.4. The topological polar surface area (TPSA) is 58.6 Å². The maximum Gasteiger partial charge on any atom is 0.231 e. The second-order valence-electron chi connectivity index (χ2n) is 7.32. The summed E-state index contributed by atoms with van der Waals surface area (Å²) in [6, 6.07) is 11.1. The van der Waals surface area contributed by atoms with Gasteiger partial charge in [0.05, 0.1) is 7.11 Å². The number of hydrogen-bond acceptors (Lipinski definition) is 5. The van der Waals surface area contributed by atoms with Crippen molar-refractivity contribution in [2.24, 2.45) is 4.99 Å². The van der Waals surface area contributed by atoms with E-state index in [1.165, 1.54) is 18.7 Å². The fraction of sp³-hybridized carbons (Fsp3) is 0.409. The van der Waals surface area contributed by atoms with Gasteiger partial charge in [0.2, 0.25) is 6.79 Å². The molecule has 8 heteroatoms. The molecule has 1 saturated heterocycles. The monoisotopic (exact) mass is 414 g/mol. The van der Waals surface area contributed by atoms with E-state index in [0.29, 0.717) is 13.3 Å². The Balaban J connectivity index is 1.27. The smallest absolute Gasteiger partial charge is 0.231 e. The van der Waals surface area contributed by atoms with Crippen LogP contribution in [0.3, 0.4) is 0 Å². The Morgan fingerprint density at radius 2 is 1.83 bits per heavy atom. The number of piperazine rings is 1. The summed E-state index contributed by atoms with van der Waals surface area (Å²) in [6.07, 6.45) is 0. The molecule has 0 aliphatic carbocycles. The maximum absolute atomic E-state index is 13.9. The van der Waals surface area contributed by atoms with Crippen molar-refractivity contribution in [3.63, 3.8) is 0 Å². The van der Waals surface area contributed by atoms with Gasteiger partial charge in [0.25, 0.3) is 0 Å². The number of hydrogen-bond donors (Lipinski definition) is 1. The molecule has 2 aliphatic heterocycles. The van der Waals surface area contributed by atoms with Crippen LogP contribution in [0.2, 0.25) is 0 Å². The van der Waals surface area contributed by atoms with Crippen molar-refractivity contribution in [1.82, 2.24) is 15.1 Å². The van der Waals surface area contributed by atoms with E-state index < -0.39 is 0 Å². The van der Waals surface area contributed by atoms with Crippen LogP contribution in [0.1, 0.15) is 11.1 Å². The summed E-state index contributed by atoms with van der Waals surface area (Å²) < 4.78 is 29.7. The van der Waals surface area contributed by atoms with Crippen molar-refractivity contribution >= 4 is 5.96 Å². The quantitative estimate of drug-likeness (QED) is 0.599. The first-order valence-electron chi connectivity index (χ1n) is 10.0. The van der Waals surface area contributed by atoms with Crippen LogP contribution in [0, 0.1) is 5.82 Å². The van der Waals surface area contributed by atoms with E-state index in [9.17, 15) is 4.39 Å². The zero-order valence-corrected chi connectivity index (χ0v) is 17.4. The van der Waals surface area contributed by atoms with Gasteiger partial charge in [-0.3, -0.25) is 9.89 Å². The molecule has 0 unspecified atom stereocenters. The number of methoxy groups -OCH3 is 1. The summed E-state index contributed by atoms with van der Waals surface area (Å²) in [6.45, 7) is 5.31. The van der Waals surface area contributed by atoms with Gasteiger partial charge < -0.3 is 24.4 Å². The molecule has 2 aromatic rings. The van der Waals surface area contributed by atoms with Gasteiger partial charge in [-0.15, -0.1) is 0 Å². The maximum atomic E-state index is 13.9. The minimum atomic E-state index is -0.357. The van der Waals surface area contributed by atoms with Crippen LogP contribution in [0.15, 0.2) is 41.4 Å². The molecular weight excluding hydrogens is 387 g/mol. The minimum Gasteiger partial charge on any atom is -0.494 e. The average Bonchev–Trinajstić information content (AvgIpc) is 3.23. The third kappa shape index (κ3) is 4.59. The number of nitrogens with one attached hydrogen (secondary N) is 1. The predicted molar refractivity (Wildman–Crippen MR) is 113 cm³/mol. The van der Waals surface area contributed by atoms with E-state index in [-0.39, 0.29) is 11.6 Å². The van der Waals surface area contributed by atoms with Crippen LogP contribution in [0.25, 0.3) is 0 Å². The molecule has 2 aliphatic rings. The lowest BCUT2D eigenvalue weighted by Crippen LogP contribution is -2.52. The molecule has 7 nitrogen and oxygen atoms in total. The van der Waals surface area contributed by atoms with Crippen molar-refractivity contribution in [3.8, 4) is 17.2 Å². The summed E-state index contributed by atoms with van der Waals surface area (Å²) in [5.74, 6) is 2.36. The summed E-state index contributed by atoms with van der Waals surface area (Å²) in [5, 5.41) is 3.33. The fourth-order valence-electron chi connectivity index (χ4n) is 3.75. The first-order chi connectivity index (χ1) is 14.7. The Morgan fingerprint density at radius 3 is 2.57 bits per heavy atom. The first-order valence-corrected chi connectivity index (χ1v) is 10.0. The van der Waals surface area contributed by atoms with Crippen molar-refractivity contribution in [3.05, 3.63) is 53.3 Å². The molecule has 0 saturated carbocycles. The summed E-state index contributed by atoms with van der Waals surface area (Å²) in [4.78, 5) is 9.04. The highest BCUT2D eigenvalue weighted by atomic mass is 19.1. The van der Waals surface area contributed by atoms with Crippen molar-refractivity contribution < 1.29 is 18.6 Å². The normalized spacial score (nSPS) is 16.6. The van der Waals surface area contributed by atoms with E-state index in [1.807, 2.05) is 12.1 Å². The van der Waals surface area contributed by atoms with Gasteiger partial charge in [-0.1, -0.05) is 12.1 Å². The van der Waals surface area contributed by atoms with Gasteiger partial charge in [-0.2, -0.15) is 0 Å². The number of fused-ring (bicyclic) bond motifs is 1. The molecule has 0 radical (unpaired) electrons. The van der Waals surface area contributed by atoms with Crippen LogP contribution in [-0.4, -0.2) is 62.9 Å². The lowest BCUT2D eigenvalue weighted by molar-refractivity contribution is 0.171. The predicted octanol–water partition coefficient (Wildman–Crippen LogP) is 2.46. The van der Waals surface area contributed by atoms with Crippen LogP contribution in [0.4, 0.5) is 4.39 Å². The molecule has 0 aromatic heterocycles. The van der Waals surface area contributed by atoms with Crippen LogP contribution in [0.5, 0.6) is 17.2 Å². The van der Waals surface area contributed by atoms with Crippen LogP contribution in [-0.2, 0) is 13.1 Å². The second-order valence-corrected chi connectivity index (χ2v) is 7.32. The average molecular weight is 414 g/mol. The number of nitrogens with zero attached hydrogens (tertiary/aromatic N) is 3. The van der Waals surface area contributed by atoms with Gasteiger partial charge in [0.15, 0.2) is 29.0 Å². The molecule has 160 valence electrons. The first kappa shape index (κ1) is 20.3. The van der Waals surface area contributed by atoms with E-state index in [1.54, 1.807) is 13.1 Å². The van der Waals surface area contributed by atoms with Gasteiger partial charge in [0, 0.05) is 46.3 Å². The third-order valence-corrected chi connectivity index (χ3v) is 5.39. The van der Waals surface area contributed by atoms with Crippen molar-refractivity contribution in [2.45, 2.75) is 13.1 Å². The molecule has 0 atom stereocenters. The Hall–Kier alpha value is -3.00. The van der Waals surface area contributed by atoms with Crippen LogP contribution < -0.4 is 19.5 Å². The van der Waals surface area contributed by atoms with E-state index in [4.69, 9.17) is 14.2 Å². The molecule has 2 heterocycles. The SMILES string of the molecule is CN=C(NCc1ccc(OC)c(F)c1)N1CCN(Cc2ccc3c(c2)OCO3)CC1. The van der Waals surface area contributed by atoms with E-state index >= 15 is 0 Å². The van der Waals surface area contributed by atoms with Crippen molar-refractivity contribution in [1.29, 1.82) is 0 Å². The largest absolute Gasteiger partial charge is 0.494 e. The minimum absolute atomic E-state index is 0.252. The molecule has 30 heavy (non-hydrogen) atoms. The Bertz CT molecular complexity index is 913. The molecule has 0 amide bonds. The van der Waals surface area contributed by atoms with Gasteiger partial charge in [-0.05, 0) is 35.4 Å². The second kappa shape index (κ2) is 9.21. The molecule has 1 fully saturated rings. The number of aliphatic imine (C=N–C) groups is 1. The lowest BCUT2D eigenvalue weighted by Gasteiger charge is -2.36. The number of benzene rings is 2. The molecule has 0 spiro atoms. The fourth-order valence-corrected chi connectivity index (χ4v) is 3.75. The molecule has 2 aromatic carbocycles. The lowest BCUT2D eigenvalue weighted by atomic mass is 10.1. The molecule has 1 N–H and O–H groups in total. The summed E-state index contributed by atoms with van der Waals surface area (Å²) in [5.41, 5.74) is 2.06. The van der Waals surface area contributed by atoms with Gasteiger partial charge in [0.1, 0.15) is 0 Å². The van der Waals surface area contributed by atoms with Gasteiger partial charge in [-0.25, -0.2) is 4.39 Å². The van der Waals surface area contributed by atoms with Crippen molar-refractivity contribution in [2.75, 3.05) is 47.1 Å². The highest BCUT2D eigenvalue weighted by molar-refractivity contribution is 5.80. The van der Waals surface area contributed by atoms with E-state index in [2.05, 4.69) is 32.2 Å². The Morgan fingerprint density at radius 1 is 1.07 bits per heavy atom. The number of guanidine groups is 1. The summed E-state index contributed by atoms with van der Waals surface area (Å²) in [7, 11) is 3.24. The number of rotatable bonds is 5. The molecule has 4 rings (SSSR count). The zero-order chi connectivity index (χ0) is 20.9.